The molecule has 0 radical (unpaired) electrons. The molecule has 3 nitrogen and oxygen atoms in total. The van der Waals surface area contributed by atoms with Crippen LogP contribution in [-0.2, 0) is 0 Å². The van der Waals surface area contributed by atoms with Crippen LogP contribution in [0.2, 0.25) is 0 Å². The fourth-order valence-electron chi connectivity index (χ4n) is 1.06. The minimum Gasteiger partial charge on any atom is -0.331 e. The Morgan fingerprint density at radius 3 is 2.71 bits per heavy atom. The average molecular weight is 289 g/mol. The van der Waals surface area contributed by atoms with E-state index in [-0.39, 0.29) is 5.56 Å². The van der Waals surface area contributed by atoms with E-state index in [1.54, 1.807) is 11.3 Å². The van der Waals surface area contributed by atoms with Crippen molar-refractivity contribution in [2.75, 3.05) is 0 Å². The van der Waals surface area contributed by atoms with E-state index in [4.69, 9.17) is 12.2 Å². The van der Waals surface area contributed by atoms with Gasteiger partial charge in [0, 0.05) is 6.07 Å². The Morgan fingerprint density at radius 1 is 1.36 bits per heavy atom. The summed E-state index contributed by atoms with van der Waals surface area (Å²) in [7, 11) is 0. The number of hydrogen-bond donors (Lipinski definition) is 2. The first kappa shape index (κ1) is 9.82. The molecule has 0 aliphatic heterocycles. The molecular formula is C8H5BrN2OS2. The molecule has 0 aromatic carbocycles. The van der Waals surface area contributed by atoms with Gasteiger partial charge in [0.25, 0.3) is 5.56 Å². The van der Waals surface area contributed by atoms with Crippen LogP contribution >= 0.6 is 39.5 Å². The first-order chi connectivity index (χ1) is 6.65. The average Bonchev–Trinajstić information content (AvgIpc) is 2.50. The van der Waals surface area contributed by atoms with Gasteiger partial charge < -0.3 is 4.98 Å². The van der Waals surface area contributed by atoms with Crippen LogP contribution in [0.25, 0.3) is 10.6 Å². The zero-order valence-corrected chi connectivity index (χ0v) is 10.1. The highest BCUT2D eigenvalue weighted by Crippen LogP contribution is 2.29. The molecule has 2 aromatic rings. The molecule has 0 atom stereocenters. The van der Waals surface area contributed by atoms with Crippen molar-refractivity contribution in [1.29, 1.82) is 0 Å². The summed E-state index contributed by atoms with van der Waals surface area (Å²) in [5.41, 5.74) is 0.558. The van der Waals surface area contributed by atoms with E-state index in [9.17, 15) is 4.79 Å². The van der Waals surface area contributed by atoms with Crippen LogP contribution in [-0.4, -0.2) is 9.97 Å². The number of aromatic amines is 2. The maximum atomic E-state index is 11.1. The summed E-state index contributed by atoms with van der Waals surface area (Å²) in [5, 5.41) is 0. The molecule has 2 aromatic heterocycles. The predicted octanol–water partition coefficient (Wildman–Crippen LogP) is 2.92. The number of aromatic nitrogens is 2. The summed E-state index contributed by atoms with van der Waals surface area (Å²) in [4.78, 5) is 17.5. The second kappa shape index (κ2) is 3.80. The number of halogens is 1. The van der Waals surface area contributed by atoms with Crippen LogP contribution in [0.4, 0.5) is 0 Å². The minimum absolute atomic E-state index is 0.187. The molecule has 2 heterocycles. The number of nitrogens with one attached hydrogen (secondary N) is 2. The third-order valence-corrected chi connectivity index (χ3v) is 3.46. The van der Waals surface area contributed by atoms with Gasteiger partial charge in [-0.15, -0.1) is 11.3 Å². The third kappa shape index (κ3) is 2.02. The predicted molar refractivity (Wildman–Crippen MR) is 63.3 cm³/mol. The van der Waals surface area contributed by atoms with E-state index in [0.29, 0.717) is 4.77 Å². The first-order valence-corrected chi connectivity index (χ1v) is 5.76. The maximum Gasteiger partial charge on any atom is 0.252 e. The molecule has 2 rings (SSSR count). The van der Waals surface area contributed by atoms with Crippen LogP contribution in [0.3, 0.4) is 0 Å². The molecule has 0 aliphatic carbocycles. The van der Waals surface area contributed by atoms with Gasteiger partial charge in [-0.05, 0) is 40.3 Å². The zero-order chi connectivity index (χ0) is 10.1. The number of rotatable bonds is 1. The third-order valence-electron chi connectivity index (χ3n) is 1.60. The summed E-state index contributed by atoms with van der Waals surface area (Å²) in [5.74, 6) is 0. The summed E-state index contributed by atoms with van der Waals surface area (Å²) >= 11 is 9.78. The molecule has 0 fully saturated rings. The molecule has 6 heteroatoms. The summed E-state index contributed by atoms with van der Waals surface area (Å²) < 4.78 is 1.36. The van der Waals surface area contributed by atoms with Crippen molar-refractivity contribution in [1.82, 2.24) is 9.97 Å². The quantitative estimate of drug-likeness (QED) is 0.793. The molecule has 14 heavy (non-hydrogen) atoms. The molecule has 0 saturated carbocycles. The summed E-state index contributed by atoms with van der Waals surface area (Å²) in [6.45, 7) is 0. The molecule has 72 valence electrons. The Kier molecular flexibility index (Phi) is 2.66. The van der Waals surface area contributed by atoms with Crippen LogP contribution < -0.4 is 5.56 Å². The van der Waals surface area contributed by atoms with Crippen molar-refractivity contribution in [2.45, 2.75) is 0 Å². The van der Waals surface area contributed by atoms with Gasteiger partial charge in [-0.3, -0.25) is 9.78 Å². The highest BCUT2D eigenvalue weighted by Gasteiger charge is 2.02. The molecular weight excluding hydrogens is 284 g/mol. The standard InChI is InChI=1S/C8H5BrN2OS2/c9-6-2-1-5(14-6)4-3-7(12)11-8(13)10-4/h1-3H,(H2,10,11,12,13). The lowest BCUT2D eigenvalue weighted by atomic mass is 10.3. The van der Waals surface area contributed by atoms with Crippen LogP contribution in [0.1, 0.15) is 0 Å². The van der Waals surface area contributed by atoms with E-state index in [0.717, 1.165) is 14.4 Å². The Balaban J connectivity index is 2.62. The van der Waals surface area contributed by atoms with E-state index in [2.05, 4.69) is 25.9 Å². The van der Waals surface area contributed by atoms with E-state index in [1.165, 1.54) is 6.07 Å². The van der Waals surface area contributed by atoms with Gasteiger partial charge in [0.1, 0.15) is 0 Å². The molecule has 0 unspecified atom stereocenters. The van der Waals surface area contributed by atoms with Gasteiger partial charge in [0.2, 0.25) is 0 Å². The Labute approximate surface area is 97.0 Å². The molecule has 0 aliphatic rings. The van der Waals surface area contributed by atoms with Crippen molar-refractivity contribution in [2.24, 2.45) is 0 Å². The fraction of sp³-hybridized carbons (Fsp3) is 0. The van der Waals surface area contributed by atoms with Gasteiger partial charge in [-0.25, -0.2) is 0 Å². The molecule has 0 spiro atoms. The van der Waals surface area contributed by atoms with Gasteiger partial charge in [0.05, 0.1) is 14.4 Å². The molecule has 0 saturated heterocycles. The van der Waals surface area contributed by atoms with E-state index >= 15 is 0 Å². The van der Waals surface area contributed by atoms with Gasteiger partial charge in [-0.1, -0.05) is 0 Å². The number of H-pyrrole nitrogens is 2. The van der Waals surface area contributed by atoms with Crippen LogP contribution in [0, 0.1) is 4.77 Å². The summed E-state index contributed by atoms with van der Waals surface area (Å²) in [6.07, 6.45) is 0. The highest BCUT2D eigenvalue weighted by atomic mass is 79.9. The SMILES string of the molecule is O=c1cc(-c2ccc(Br)s2)[nH]c(=S)[nH]1. The molecule has 2 N–H and O–H groups in total. The second-order valence-corrected chi connectivity index (χ2v) is 5.48. The topological polar surface area (TPSA) is 48.6 Å². The monoisotopic (exact) mass is 288 g/mol. The lowest BCUT2D eigenvalue weighted by Gasteiger charge is -1.95. The van der Waals surface area contributed by atoms with Crippen molar-refractivity contribution < 1.29 is 0 Å². The van der Waals surface area contributed by atoms with Crippen molar-refractivity contribution >= 4 is 39.5 Å². The van der Waals surface area contributed by atoms with Crippen molar-refractivity contribution in [3.8, 4) is 10.6 Å². The largest absolute Gasteiger partial charge is 0.331 e. The lowest BCUT2D eigenvalue weighted by molar-refractivity contribution is 1.10. The van der Waals surface area contributed by atoms with Crippen LogP contribution in [0.5, 0.6) is 0 Å². The minimum atomic E-state index is -0.187. The number of thiophene rings is 1. The normalized spacial score (nSPS) is 10.4. The Bertz CT molecular complexity index is 541. The lowest BCUT2D eigenvalue weighted by Crippen LogP contribution is -2.05. The molecule has 0 bridgehead atoms. The van der Waals surface area contributed by atoms with Gasteiger partial charge in [0.15, 0.2) is 4.77 Å². The summed E-state index contributed by atoms with van der Waals surface area (Å²) in [6, 6.07) is 5.35. The van der Waals surface area contributed by atoms with Gasteiger partial charge in [-0.2, -0.15) is 0 Å². The fourth-order valence-corrected chi connectivity index (χ4v) is 2.63. The van der Waals surface area contributed by atoms with E-state index < -0.39 is 0 Å². The van der Waals surface area contributed by atoms with Gasteiger partial charge >= 0.3 is 0 Å². The van der Waals surface area contributed by atoms with Crippen molar-refractivity contribution in [3.05, 3.63) is 37.1 Å². The highest BCUT2D eigenvalue weighted by molar-refractivity contribution is 9.11. The number of hydrogen-bond acceptors (Lipinski definition) is 3. The Hall–Kier alpha value is -0.720. The smallest absolute Gasteiger partial charge is 0.252 e. The zero-order valence-electron chi connectivity index (χ0n) is 6.83. The van der Waals surface area contributed by atoms with Crippen molar-refractivity contribution in [3.63, 3.8) is 0 Å². The van der Waals surface area contributed by atoms with Crippen LogP contribution in [0.15, 0.2) is 26.8 Å². The first-order valence-electron chi connectivity index (χ1n) is 3.74. The second-order valence-electron chi connectivity index (χ2n) is 2.61. The maximum absolute atomic E-state index is 11.1. The van der Waals surface area contributed by atoms with E-state index in [1.807, 2.05) is 12.1 Å². The molecule has 0 amide bonds. The Morgan fingerprint density at radius 2 is 2.14 bits per heavy atom.